The first-order chi connectivity index (χ1) is 21.7. The highest BCUT2D eigenvalue weighted by atomic mass is 14.8. The molecule has 222 valence electrons. The highest BCUT2D eigenvalue weighted by molar-refractivity contribution is 6.06. The Morgan fingerprint density at radius 3 is 2.52 bits per heavy atom. The quantitative estimate of drug-likeness (QED) is 0.295. The normalized spacial score (nSPS) is 25.0. The second-order valence-electron chi connectivity index (χ2n) is 12.9. The van der Waals surface area contributed by atoms with Gasteiger partial charge in [0, 0.05) is 24.5 Å². The number of aromatic nitrogens is 1. The van der Waals surface area contributed by atoms with Crippen LogP contribution in [-0.2, 0) is 0 Å². The van der Waals surface area contributed by atoms with Gasteiger partial charge < -0.3 is 5.32 Å². The first-order valence-corrected chi connectivity index (χ1v) is 16.7. The summed E-state index contributed by atoms with van der Waals surface area (Å²) in [7, 11) is 0. The van der Waals surface area contributed by atoms with Crippen molar-refractivity contribution in [2.75, 3.05) is 6.54 Å². The Balaban J connectivity index is 1.38. The van der Waals surface area contributed by atoms with Gasteiger partial charge in [0.15, 0.2) is 0 Å². The van der Waals surface area contributed by atoms with Crippen LogP contribution in [0.15, 0.2) is 126 Å². The fraction of sp³-hybridized carbons (Fsp3) is 0.310. The largest absolute Gasteiger partial charge is 0.387 e. The summed E-state index contributed by atoms with van der Waals surface area (Å²) in [6.07, 6.45) is 31.2. The zero-order valence-corrected chi connectivity index (χ0v) is 26.4. The van der Waals surface area contributed by atoms with Crippen molar-refractivity contribution in [1.82, 2.24) is 10.3 Å². The van der Waals surface area contributed by atoms with E-state index in [1.54, 1.807) is 5.57 Å². The molecule has 2 nitrogen and oxygen atoms in total. The van der Waals surface area contributed by atoms with Gasteiger partial charge >= 0.3 is 0 Å². The molecule has 4 aliphatic rings. The molecule has 1 aliphatic heterocycles. The van der Waals surface area contributed by atoms with E-state index in [4.69, 9.17) is 0 Å². The average Bonchev–Trinajstić information content (AvgIpc) is 3.09. The summed E-state index contributed by atoms with van der Waals surface area (Å²) in [6, 6.07) is 16.0. The lowest BCUT2D eigenvalue weighted by atomic mass is 9.61. The molecule has 3 aromatic rings. The van der Waals surface area contributed by atoms with Gasteiger partial charge in [-0.1, -0.05) is 91.4 Å². The van der Waals surface area contributed by atoms with Gasteiger partial charge in [-0.05, 0) is 138 Å². The highest BCUT2D eigenvalue weighted by Crippen LogP contribution is 2.53. The molecule has 4 unspecified atom stereocenters. The van der Waals surface area contributed by atoms with Gasteiger partial charge in [0.2, 0.25) is 0 Å². The van der Waals surface area contributed by atoms with E-state index in [0.29, 0.717) is 17.8 Å². The van der Waals surface area contributed by atoms with E-state index in [0.717, 1.165) is 18.0 Å². The third kappa shape index (κ3) is 5.15. The molecule has 0 amide bonds. The van der Waals surface area contributed by atoms with Crippen molar-refractivity contribution in [2.24, 2.45) is 23.7 Å². The Labute approximate surface area is 263 Å². The van der Waals surface area contributed by atoms with Gasteiger partial charge in [0.25, 0.3) is 0 Å². The number of rotatable bonds is 6. The second-order valence-corrected chi connectivity index (χ2v) is 12.9. The summed E-state index contributed by atoms with van der Waals surface area (Å²) >= 11 is 0. The van der Waals surface area contributed by atoms with E-state index >= 15 is 0 Å². The van der Waals surface area contributed by atoms with Crippen LogP contribution in [0.2, 0.25) is 0 Å². The molecule has 0 bridgehead atoms. The first kappa shape index (κ1) is 28.6. The number of allylic oxidation sites excluding steroid dienone is 12. The SMILES string of the molecule is C/C=C\C1=C(C)C(C2C=CC(CC)CC2)C2CCC=CC2=C1c1ccc(-c2cncc(C3=CC=CNC3)c2)c2ccccc12. The van der Waals surface area contributed by atoms with Crippen LogP contribution < -0.4 is 5.32 Å². The van der Waals surface area contributed by atoms with Crippen molar-refractivity contribution >= 4 is 21.9 Å². The number of dihydropyridines is 1. The molecule has 1 N–H and O–H groups in total. The zero-order valence-electron chi connectivity index (χ0n) is 26.4. The molecule has 0 spiro atoms. The van der Waals surface area contributed by atoms with Crippen LogP contribution in [0.25, 0.3) is 33.0 Å². The molecule has 2 heterocycles. The predicted octanol–water partition coefficient (Wildman–Crippen LogP) is 10.6. The van der Waals surface area contributed by atoms with Crippen LogP contribution in [0.1, 0.15) is 64.0 Å². The van der Waals surface area contributed by atoms with Gasteiger partial charge in [-0.2, -0.15) is 0 Å². The topological polar surface area (TPSA) is 24.9 Å². The summed E-state index contributed by atoms with van der Waals surface area (Å²) in [5.41, 5.74) is 12.1. The molecule has 7 rings (SSSR count). The van der Waals surface area contributed by atoms with Crippen LogP contribution >= 0.6 is 0 Å². The Kier molecular flexibility index (Phi) is 8.09. The van der Waals surface area contributed by atoms with Crippen LogP contribution in [-0.4, -0.2) is 11.5 Å². The van der Waals surface area contributed by atoms with Crippen molar-refractivity contribution in [3.8, 4) is 11.1 Å². The lowest BCUT2D eigenvalue weighted by Crippen LogP contribution is -2.32. The maximum Gasteiger partial charge on any atom is 0.0401 e. The minimum absolute atomic E-state index is 0.558. The molecule has 1 aromatic heterocycles. The molecule has 0 saturated heterocycles. The van der Waals surface area contributed by atoms with Crippen molar-refractivity contribution in [3.05, 3.63) is 138 Å². The minimum Gasteiger partial charge on any atom is -0.387 e. The van der Waals surface area contributed by atoms with Crippen LogP contribution in [0.4, 0.5) is 0 Å². The van der Waals surface area contributed by atoms with E-state index in [9.17, 15) is 0 Å². The smallest absolute Gasteiger partial charge is 0.0401 e. The number of pyridine rings is 1. The fourth-order valence-corrected chi connectivity index (χ4v) is 8.27. The lowest BCUT2D eigenvalue weighted by Gasteiger charge is -2.43. The van der Waals surface area contributed by atoms with Crippen LogP contribution in [0.5, 0.6) is 0 Å². The summed E-state index contributed by atoms with van der Waals surface area (Å²) in [4.78, 5) is 4.69. The molecule has 44 heavy (non-hydrogen) atoms. The zero-order chi connectivity index (χ0) is 30.0. The fourth-order valence-electron chi connectivity index (χ4n) is 8.27. The standard InChI is InChI=1S/C42H44N2/c1-4-11-34-28(3)41(30-19-17-29(5-2)18-20-30)38-15-8-9-16-39(38)42(34)40-22-21-35(36-13-6-7-14-37(36)40)33-24-32(26-44-27-33)31-12-10-23-43-25-31/h4,6-7,9-14,16-17,19,21-24,26-27,29-30,38,41,43H,5,8,15,18,20,25H2,1-3H3/b11-4-. The van der Waals surface area contributed by atoms with E-state index in [1.807, 2.05) is 18.6 Å². The van der Waals surface area contributed by atoms with E-state index in [2.05, 4.69) is 122 Å². The molecule has 2 heteroatoms. The molecule has 0 radical (unpaired) electrons. The maximum atomic E-state index is 4.69. The highest BCUT2D eigenvalue weighted by Gasteiger charge is 2.39. The van der Waals surface area contributed by atoms with Crippen molar-refractivity contribution in [1.29, 1.82) is 0 Å². The minimum atomic E-state index is 0.558. The Hall–Kier alpha value is -4.17. The number of hydrogen-bond acceptors (Lipinski definition) is 2. The monoisotopic (exact) mass is 576 g/mol. The molecule has 0 fully saturated rings. The molecule has 2 aromatic carbocycles. The van der Waals surface area contributed by atoms with Crippen LogP contribution in [0.3, 0.4) is 0 Å². The number of nitrogens with one attached hydrogen (secondary N) is 1. The van der Waals surface area contributed by atoms with E-state index in [-0.39, 0.29) is 0 Å². The lowest BCUT2D eigenvalue weighted by molar-refractivity contribution is 0.284. The number of hydrogen-bond donors (Lipinski definition) is 1. The van der Waals surface area contributed by atoms with E-state index < -0.39 is 0 Å². The first-order valence-electron chi connectivity index (χ1n) is 16.7. The second kappa shape index (κ2) is 12.4. The Bertz CT molecular complexity index is 1790. The summed E-state index contributed by atoms with van der Waals surface area (Å²) in [5, 5.41) is 5.93. The third-order valence-corrected chi connectivity index (χ3v) is 10.5. The van der Waals surface area contributed by atoms with Gasteiger partial charge in [0.05, 0.1) is 0 Å². The van der Waals surface area contributed by atoms with Gasteiger partial charge in [0.1, 0.15) is 0 Å². The van der Waals surface area contributed by atoms with Crippen LogP contribution in [0, 0.1) is 23.7 Å². The van der Waals surface area contributed by atoms with Gasteiger partial charge in [-0.15, -0.1) is 0 Å². The van der Waals surface area contributed by atoms with Gasteiger partial charge in [-0.3, -0.25) is 4.98 Å². The Morgan fingerprint density at radius 2 is 1.77 bits per heavy atom. The Morgan fingerprint density at radius 1 is 0.955 bits per heavy atom. The molecule has 3 aliphatic carbocycles. The van der Waals surface area contributed by atoms with Crippen molar-refractivity contribution in [2.45, 2.75) is 52.9 Å². The predicted molar refractivity (Wildman–Crippen MR) is 188 cm³/mol. The molecular formula is C42H44N2. The van der Waals surface area contributed by atoms with Crippen molar-refractivity contribution < 1.29 is 0 Å². The molecular weight excluding hydrogens is 532 g/mol. The summed E-state index contributed by atoms with van der Waals surface area (Å²) in [5.74, 6) is 2.49. The molecule has 4 atom stereocenters. The number of fused-ring (bicyclic) bond motifs is 2. The maximum absolute atomic E-state index is 4.69. The number of benzene rings is 2. The van der Waals surface area contributed by atoms with Crippen molar-refractivity contribution in [3.63, 3.8) is 0 Å². The van der Waals surface area contributed by atoms with Gasteiger partial charge in [-0.25, -0.2) is 0 Å². The third-order valence-electron chi connectivity index (χ3n) is 10.5. The molecule has 0 saturated carbocycles. The average molecular weight is 577 g/mol. The summed E-state index contributed by atoms with van der Waals surface area (Å²) in [6.45, 7) is 7.76. The summed E-state index contributed by atoms with van der Waals surface area (Å²) < 4.78 is 0. The number of nitrogens with zero attached hydrogens (tertiary/aromatic N) is 1. The van der Waals surface area contributed by atoms with E-state index in [1.165, 1.54) is 81.9 Å².